The highest BCUT2D eigenvalue weighted by atomic mass is 16.5. The Bertz CT molecular complexity index is 809. The van der Waals surface area contributed by atoms with E-state index in [4.69, 9.17) is 9.84 Å². The largest absolute Gasteiger partial charge is 0.478 e. The molecule has 142 valence electrons. The van der Waals surface area contributed by atoms with Gasteiger partial charge in [0.05, 0.1) is 42.2 Å². The number of carboxylic acids is 1. The summed E-state index contributed by atoms with van der Waals surface area (Å²) in [6.45, 7) is 3.57. The van der Waals surface area contributed by atoms with Crippen LogP contribution in [0.5, 0.6) is 0 Å². The zero-order valence-electron chi connectivity index (χ0n) is 15.0. The van der Waals surface area contributed by atoms with Crippen molar-refractivity contribution in [1.82, 2.24) is 19.9 Å². The van der Waals surface area contributed by atoms with Crippen molar-refractivity contribution in [3.63, 3.8) is 0 Å². The number of hydrogen-bond donors (Lipinski definition) is 2. The maximum Gasteiger partial charge on any atom is 0.335 e. The number of ether oxygens (including phenoxy) is 1. The first kappa shape index (κ1) is 17.8. The molecule has 0 radical (unpaired) electrons. The second-order valence-corrected chi connectivity index (χ2v) is 6.95. The highest BCUT2D eigenvalue weighted by Gasteiger charge is 2.34. The summed E-state index contributed by atoms with van der Waals surface area (Å²) in [5.41, 5.74) is 1.28. The lowest BCUT2D eigenvalue weighted by Gasteiger charge is -2.34. The van der Waals surface area contributed by atoms with Gasteiger partial charge < -0.3 is 15.2 Å². The number of carbonyl (C=O) groups is 1. The predicted octanol–water partition coefficient (Wildman–Crippen LogP) is 1.90. The summed E-state index contributed by atoms with van der Waals surface area (Å²) in [6, 6.07) is 5.17. The number of aromatic carboxylic acids is 1. The first-order valence-electron chi connectivity index (χ1n) is 9.32. The number of carboxylic acid groups (broad SMARTS) is 1. The van der Waals surface area contributed by atoms with Gasteiger partial charge in [0, 0.05) is 12.4 Å². The van der Waals surface area contributed by atoms with Crippen molar-refractivity contribution in [3.8, 4) is 11.4 Å². The summed E-state index contributed by atoms with van der Waals surface area (Å²) in [5.74, 6) is -0.480. The number of aromatic nitrogens is 3. The number of nitrogens with zero attached hydrogens (tertiary/aromatic N) is 4. The van der Waals surface area contributed by atoms with Crippen LogP contribution >= 0.6 is 0 Å². The smallest absolute Gasteiger partial charge is 0.335 e. The molecule has 2 fully saturated rings. The number of likely N-dealkylation sites (tertiary alicyclic amines) is 1. The zero-order valence-corrected chi connectivity index (χ0v) is 15.0. The lowest BCUT2D eigenvalue weighted by molar-refractivity contribution is 0.0697. The van der Waals surface area contributed by atoms with Gasteiger partial charge in [0.25, 0.3) is 0 Å². The van der Waals surface area contributed by atoms with E-state index in [1.54, 1.807) is 12.3 Å². The number of pyridine rings is 1. The molecule has 0 amide bonds. The fourth-order valence-corrected chi connectivity index (χ4v) is 3.73. The van der Waals surface area contributed by atoms with Crippen LogP contribution in [-0.2, 0) is 4.74 Å². The second-order valence-electron chi connectivity index (χ2n) is 6.95. The quantitative estimate of drug-likeness (QED) is 0.824. The molecule has 2 aliphatic rings. The Morgan fingerprint density at radius 2 is 1.93 bits per heavy atom. The molecular weight excluding hydrogens is 346 g/mol. The fourth-order valence-electron chi connectivity index (χ4n) is 3.73. The molecule has 8 heteroatoms. The van der Waals surface area contributed by atoms with Crippen LogP contribution in [0.1, 0.15) is 29.6 Å². The van der Waals surface area contributed by atoms with Crippen molar-refractivity contribution in [2.45, 2.75) is 31.3 Å². The van der Waals surface area contributed by atoms with Gasteiger partial charge in [-0.1, -0.05) is 6.42 Å². The zero-order chi connectivity index (χ0) is 18.6. The van der Waals surface area contributed by atoms with Crippen LogP contribution in [0, 0.1) is 0 Å². The predicted molar refractivity (Wildman–Crippen MR) is 99.7 cm³/mol. The molecule has 2 aromatic rings. The molecule has 0 spiro atoms. The molecular formula is C19H23N5O3. The van der Waals surface area contributed by atoms with Crippen LogP contribution in [0.2, 0.25) is 0 Å². The molecule has 2 saturated heterocycles. The molecule has 0 bridgehead atoms. The van der Waals surface area contributed by atoms with Gasteiger partial charge in [0.15, 0.2) is 0 Å². The maximum atomic E-state index is 11.2. The Hall–Kier alpha value is -2.58. The summed E-state index contributed by atoms with van der Waals surface area (Å²) in [5, 5.41) is 12.6. The van der Waals surface area contributed by atoms with E-state index in [0.717, 1.165) is 19.7 Å². The number of hydrogen-bond acceptors (Lipinski definition) is 7. The molecule has 2 atom stereocenters. The summed E-state index contributed by atoms with van der Waals surface area (Å²) >= 11 is 0. The summed E-state index contributed by atoms with van der Waals surface area (Å²) in [7, 11) is 0. The lowest BCUT2D eigenvalue weighted by atomic mass is 10.1. The van der Waals surface area contributed by atoms with Crippen molar-refractivity contribution in [1.29, 1.82) is 0 Å². The SMILES string of the molecule is O=C(O)c1ccnc(-c2ccnc(N[C@@H]3COC[C@H]3N3CCCCC3)n2)c1. The molecule has 8 nitrogen and oxygen atoms in total. The van der Waals surface area contributed by atoms with Crippen molar-refractivity contribution < 1.29 is 14.6 Å². The first-order valence-corrected chi connectivity index (χ1v) is 9.32. The fraction of sp³-hybridized carbons (Fsp3) is 0.474. The summed E-state index contributed by atoms with van der Waals surface area (Å²) < 4.78 is 5.71. The summed E-state index contributed by atoms with van der Waals surface area (Å²) in [4.78, 5) is 26.8. The van der Waals surface area contributed by atoms with Crippen LogP contribution in [0.3, 0.4) is 0 Å². The average Bonchev–Trinajstić information content (AvgIpc) is 3.17. The van der Waals surface area contributed by atoms with E-state index in [0.29, 0.717) is 30.0 Å². The minimum atomic E-state index is -0.987. The van der Waals surface area contributed by atoms with Gasteiger partial charge in [-0.05, 0) is 44.1 Å². The van der Waals surface area contributed by atoms with Crippen LogP contribution < -0.4 is 5.32 Å². The van der Waals surface area contributed by atoms with Gasteiger partial charge in [0.1, 0.15) is 0 Å². The van der Waals surface area contributed by atoms with Crippen LogP contribution in [0.25, 0.3) is 11.4 Å². The van der Waals surface area contributed by atoms with E-state index in [2.05, 4.69) is 25.2 Å². The second kappa shape index (κ2) is 7.98. The Labute approximate surface area is 157 Å². The highest BCUT2D eigenvalue weighted by molar-refractivity contribution is 5.88. The first-order chi connectivity index (χ1) is 13.2. The topological polar surface area (TPSA) is 100 Å². The van der Waals surface area contributed by atoms with E-state index in [9.17, 15) is 4.79 Å². The highest BCUT2D eigenvalue weighted by Crippen LogP contribution is 2.22. The number of rotatable bonds is 5. The van der Waals surface area contributed by atoms with E-state index in [1.807, 2.05) is 0 Å². The van der Waals surface area contributed by atoms with E-state index in [-0.39, 0.29) is 11.6 Å². The van der Waals surface area contributed by atoms with Crippen LogP contribution in [0.15, 0.2) is 30.6 Å². The normalized spacial score (nSPS) is 23.3. The van der Waals surface area contributed by atoms with Gasteiger partial charge in [-0.2, -0.15) is 0 Å². The third-order valence-corrected chi connectivity index (χ3v) is 5.15. The summed E-state index contributed by atoms with van der Waals surface area (Å²) in [6.07, 6.45) is 6.91. The van der Waals surface area contributed by atoms with Crippen LogP contribution in [-0.4, -0.2) is 69.3 Å². The lowest BCUT2D eigenvalue weighted by Crippen LogP contribution is -2.48. The Balaban J connectivity index is 1.51. The van der Waals surface area contributed by atoms with Gasteiger partial charge in [-0.15, -0.1) is 0 Å². The molecule has 0 aliphatic carbocycles. The van der Waals surface area contributed by atoms with Crippen molar-refractivity contribution in [2.75, 3.05) is 31.6 Å². The van der Waals surface area contributed by atoms with Crippen molar-refractivity contribution >= 4 is 11.9 Å². The average molecular weight is 369 g/mol. The Morgan fingerprint density at radius 1 is 1.11 bits per heavy atom. The van der Waals surface area contributed by atoms with Crippen molar-refractivity contribution in [3.05, 3.63) is 36.2 Å². The molecule has 0 unspecified atom stereocenters. The Kier molecular flexibility index (Phi) is 5.26. The van der Waals surface area contributed by atoms with Gasteiger partial charge in [0.2, 0.25) is 5.95 Å². The minimum Gasteiger partial charge on any atom is -0.478 e. The molecule has 2 aromatic heterocycles. The van der Waals surface area contributed by atoms with Crippen LogP contribution in [0.4, 0.5) is 5.95 Å². The molecule has 4 rings (SSSR count). The molecule has 2 aliphatic heterocycles. The third-order valence-electron chi connectivity index (χ3n) is 5.15. The number of piperidine rings is 1. The molecule has 0 aromatic carbocycles. The van der Waals surface area contributed by atoms with Gasteiger partial charge >= 0.3 is 5.97 Å². The van der Waals surface area contributed by atoms with E-state index in [1.165, 1.54) is 37.6 Å². The molecule has 0 saturated carbocycles. The molecule has 2 N–H and O–H groups in total. The third kappa shape index (κ3) is 4.06. The van der Waals surface area contributed by atoms with E-state index >= 15 is 0 Å². The van der Waals surface area contributed by atoms with Gasteiger partial charge in [-0.25, -0.2) is 14.8 Å². The van der Waals surface area contributed by atoms with Gasteiger partial charge in [-0.3, -0.25) is 9.88 Å². The molecule has 4 heterocycles. The standard InChI is InChI=1S/C19H23N5O3/c25-18(26)13-4-6-20-15(10-13)14-5-7-21-19(22-14)23-16-11-27-12-17(16)24-8-2-1-3-9-24/h4-7,10,16-17H,1-3,8-9,11-12H2,(H,25,26)(H,21,22,23)/t16-,17-/m1/s1. The van der Waals surface area contributed by atoms with E-state index < -0.39 is 5.97 Å². The van der Waals surface area contributed by atoms with Crippen molar-refractivity contribution in [2.24, 2.45) is 0 Å². The monoisotopic (exact) mass is 369 g/mol. The molecule has 27 heavy (non-hydrogen) atoms. The Morgan fingerprint density at radius 3 is 2.74 bits per heavy atom. The number of anilines is 1. The number of nitrogens with one attached hydrogen (secondary N) is 1. The minimum absolute atomic E-state index is 0.136. The maximum absolute atomic E-state index is 11.2.